The van der Waals surface area contributed by atoms with Gasteiger partial charge in [-0.1, -0.05) is 168 Å². The summed E-state index contributed by atoms with van der Waals surface area (Å²) < 4.78 is 36.6. The number of anilines is 6. The van der Waals surface area contributed by atoms with Gasteiger partial charge in [-0.3, -0.25) is 0 Å². The SMILES string of the molecule is Cc1ccc(-c2cc(-c3ccc(C)cc3C)c(F)c(N(c3ccccc3)c3ccc4ccc5c(N(c6ccccc6)c6cc(-c7ccc(C)cc7C)cc(-c7ccc(C)cc7C)c6F)ccc6ccc3c4c65)c2)c(C)c1. The van der Waals surface area contributed by atoms with Crippen LogP contribution in [0, 0.1) is 67.0 Å². The van der Waals surface area contributed by atoms with E-state index in [0.29, 0.717) is 22.5 Å². The molecule has 0 unspecified atom stereocenters. The first kappa shape index (κ1) is 48.1. The Kier molecular flexibility index (Phi) is 12.1. The second-order valence-corrected chi connectivity index (χ2v) is 20.9. The van der Waals surface area contributed by atoms with Gasteiger partial charge >= 0.3 is 0 Å². The molecular formula is C72H58F2N2. The van der Waals surface area contributed by atoms with E-state index >= 15 is 8.78 Å². The molecule has 0 aliphatic rings. The maximum Gasteiger partial charge on any atom is 0.155 e. The number of aryl methyl sites for hydroxylation is 8. The van der Waals surface area contributed by atoms with Crippen LogP contribution in [0.25, 0.3) is 76.8 Å². The predicted molar refractivity (Wildman–Crippen MR) is 319 cm³/mol. The molecule has 0 saturated heterocycles. The summed E-state index contributed by atoms with van der Waals surface area (Å²) in [5.41, 5.74) is 19.9. The highest BCUT2D eigenvalue weighted by molar-refractivity contribution is 6.28. The molecule has 370 valence electrons. The largest absolute Gasteiger partial charge is 0.307 e. The van der Waals surface area contributed by atoms with Crippen LogP contribution in [0.15, 0.2) is 206 Å². The van der Waals surface area contributed by atoms with Crippen LogP contribution in [-0.4, -0.2) is 0 Å². The van der Waals surface area contributed by atoms with E-state index in [9.17, 15) is 0 Å². The van der Waals surface area contributed by atoms with Crippen molar-refractivity contribution in [3.63, 3.8) is 0 Å². The van der Waals surface area contributed by atoms with Crippen LogP contribution in [0.3, 0.4) is 0 Å². The molecule has 0 aliphatic heterocycles. The van der Waals surface area contributed by atoms with Gasteiger partial charge in [0.05, 0.1) is 22.7 Å². The summed E-state index contributed by atoms with van der Waals surface area (Å²) in [6, 6.07) is 71.1. The van der Waals surface area contributed by atoms with Crippen LogP contribution in [0.1, 0.15) is 44.5 Å². The normalized spacial score (nSPS) is 11.6. The summed E-state index contributed by atoms with van der Waals surface area (Å²) in [7, 11) is 0. The van der Waals surface area contributed by atoms with Crippen molar-refractivity contribution >= 4 is 66.4 Å². The van der Waals surface area contributed by atoms with Crippen molar-refractivity contribution in [2.45, 2.75) is 55.4 Å². The Morgan fingerprint density at radius 2 is 0.605 bits per heavy atom. The molecule has 12 aromatic rings. The smallest absolute Gasteiger partial charge is 0.155 e. The molecule has 0 N–H and O–H groups in total. The Morgan fingerprint density at radius 1 is 0.276 bits per heavy atom. The van der Waals surface area contributed by atoms with Crippen LogP contribution < -0.4 is 9.80 Å². The molecule has 12 rings (SSSR count). The van der Waals surface area contributed by atoms with Crippen molar-refractivity contribution in [1.82, 2.24) is 0 Å². The summed E-state index contributed by atoms with van der Waals surface area (Å²) in [6.45, 7) is 16.7. The third-order valence-electron chi connectivity index (χ3n) is 15.4. The van der Waals surface area contributed by atoms with Crippen LogP contribution >= 0.6 is 0 Å². The second-order valence-electron chi connectivity index (χ2n) is 20.9. The molecule has 76 heavy (non-hydrogen) atoms. The molecule has 0 fully saturated rings. The lowest BCUT2D eigenvalue weighted by molar-refractivity contribution is 0.632. The highest BCUT2D eigenvalue weighted by Gasteiger charge is 2.28. The number of hydrogen-bond acceptors (Lipinski definition) is 2. The van der Waals surface area contributed by atoms with Gasteiger partial charge in [0.15, 0.2) is 11.6 Å². The predicted octanol–water partition coefficient (Wildman–Crippen LogP) is 20.9. The maximum absolute atomic E-state index is 18.3. The van der Waals surface area contributed by atoms with E-state index in [4.69, 9.17) is 0 Å². The molecule has 0 atom stereocenters. The van der Waals surface area contributed by atoms with E-state index in [1.165, 1.54) is 11.1 Å². The van der Waals surface area contributed by atoms with Gasteiger partial charge in [-0.2, -0.15) is 0 Å². The van der Waals surface area contributed by atoms with Crippen molar-refractivity contribution in [3.8, 4) is 44.5 Å². The Hall–Kier alpha value is -8.86. The fraction of sp³-hybridized carbons (Fsp3) is 0.111. The lowest BCUT2D eigenvalue weighted by Gasteiger charge is -2.31. The molecule has 0 heterocycles. The summed E-state index contributed by atoms with van der Waals surface area (Å²) in [5, 5.41) is 6.12. The van der Waals surface area contributed by atoms with Gasteiger partial charge in [0, 0.05) is 33.3 Å². The third-order valence-corrected chi connectivity index (χ3v) is 15.4. The highest BCUT2D eigenvalue weighted by atomic mass is 19.1. The molecule has 4 heteroatoms. The molecule has 2 nitrogen and oxygen atoms in total. The van der Waals surface area contributed by atoms with Crippen molar-refractivity contribution in [3.05, 3.63) is 262 Å². The van der Waals surface area contributed by atoms with Crippen molar-refractivity contribution in [2.24, 2.45) is 0 Å². The van der Waals surface area contributed by atoms with Gasteiger partial charge in [-0.05, 0) is 193 Å². The first-order valence-electron chi connectivity index (χ1n) is 26.2. The zero-order chi connectivity index (χ0) is 52.5. The lowest BCUT2D eigenvalue weighted by atomic mass is 9.90. The van der Waals surface area contributed by atoms with Gasteiger partial charge in [-0.25, -0.2) is 8.78 Å². The quantitative estimate of drug-likeness (QED) is 0.126. The summed E-state index contributed by atoms with van der Waals surface area (Å²) in [6.07, 6.45) is 0. The van der Waals surface area contributed by atoms with E-state index in [2.05, 4.69) is 199 Å². The first-order chi connectivity index (χ1) is 36.8. The zero-order valence-electron chi connectivity index (χ0n) is 44.3. The van der Waals surface area contributed by atoms with Crippen molar-refractivity contribution in [2.75, 3.05) is 9.80 Å². The standard InChI is InChI=1S/C72H58F2N2/c1-43-19-27-57(47(5)35-43)53-39-63(59-29-21-45(3)37-49(59)7)71(73)67(41-53)75(55-15-11-9-12-16-55)65-33-25-51-24-32-62-66(34-26-52-23-31-61(65)69(51)70(52)62)76(56-17-13-10-14-18-56)68-42-54(58-28-20-44(2)36-48(58)6)40-64(72(68)74)60-30-22-46(4)38-50(60)8/h9-42H,1-8H3. The van der Waals surface area contributed by atoms with E-state index < -0.39 is 0 Å². The number of benzene rings is 12. The molecule has 0 saturated carbocycles. The lowest BCUT2D eigenvalue weighted by Crippen LogP contribution is -2.14. The van der Waals surface area contributed by atoms with Crippen LogP contribution in [0.5, 0.6) is 0 Å². The van der Waals surface area contributed by atoms with Gasteiger partial charge in [-0.15, -0.1) is 0 Å². The average molecular weight is 989 g/mol. The van der Waals surface area contributed by atoms with E-state index in [1.807, 2.05) is 72.8 Å². The topological polar surface area (TPSA) is 6.48 Å². The molecular weight excluding hydrogens is 931 g/mol. The number of rotatable bonds is 10. The molecule has 12 aromatic carbocycles. The van der Waals surface area contributed by atoms with E-state index in [0.717, 1.165) is 122 Å². The Balaban J connectivity index is 1.12. The van der Waals surface area contributed by atoms with E-state index in [1.54, 1.807) is 0 Å². The number of halogens is 2. The van der Waals surface area contributed by atoms with Gasteiger partial charge in [0.1, 0.15) is 0 Å². The number of nitrogens with zero attached hydrogens (tertiary/aromatic N) is 2. The highest BCUT2D eigenvalue weighted by Crippen LogP contribution is 2.51. The van der Waals surface area contributed by atoms with Gasteiger partial charge in [0.2, 0.25) is 0 Å². The second kappa shape index (κ2) is 19.1. The van der Waals surface area contributed by atoms with Crippen molar-refractivity contribution in [1.29, 1.82) is 0 Å². The molecule has 0 aromatic heterocycles. The molecule has 0 amide bonds. The Labute approximate surface area is 445 Å². The monoisotopic (exact) mass is 988 g/mol. The van der Waals surface area contributed by atoms with Crippen molar-refractivity contribution < 1.29 is 8.78 Å². The number of para-hydroxylation sites is 2. The average Bonchev–Trinajstić information content (AvgIpc) is 3.57. The minimum absolute atomic E-state index is 0.305. The van der Waals surface area contributed by atoms with Crippen LogP contribution in [-0.2, 0) is 0 Å². The maximum atomic E-state index is 18.3. The summed E-state index contributed by atoms with van der Waals surface area (Å²) in [4.78, 5) is 4.20. The Morgan fingerprint density at radius 3 is 0.947 bits per heavy atom. The van der Waals surface area contributed by atoms with E-state index in [-0.39, 0.29) is 11.6 Å². The van der Waals surface area contributed by atoms with Crippen LogP contribution in [0.2, 0.25) is 0 Å². The summed E-state index contributed by atoms with van der Waals surface area (Å²) >= 11 is 0. The minimum Gasteiger partial charge on any atom is -0.307 e. The summed E-state index contributed by atoms with van der Waals surface area (Å²) in [5.74, 6) is -0.609. The molecule has 0 radical (unpaired) electrons. The zero-order valence-corrected chi connectivity index (χ0v) is 44.3. The molecule has 0 spiro atoms. The third kappa shape index (κ3) is 8.35. The van der Waals surface area contributed by atoms with Gasteiger partial charge < -0.3 is 9.80 Å². The fourth-order valence-corrected chi connectivity index (χ4v) is 11.9. The Bertz CT molecular complexity index is 3960. The first-order valence-corrected chi connectivity index (χ1v) is 26.2. The van der Waals surface area contributed by atoms with Gasteiger partial charge in [0.25, 0.3) is 0 Å². The molecule has 0 aliphatic carbocycles. The molecule has 0 bridgehead atoms. The number of hydrogen-bond donors (Lipinski definition) is 0. The minimum atomic E-state index is -0.305. The fourth-order valence-electron chi connectivity index (χ4n) is 11.9. The van der Waals surface area contributed by atoms with Crippen LogP contribution in [0.4, 0.5) is 42.9 Å².